The molecule has 1 atom stereocenters. The van der Waals surface area contributed by atoms with Crippen molar-refractivity contribution in [1.29, 1.82) is 0 Å². The highest BCUT2D eigenvalue weighted by molar-refractivity contribution is 7.15. The number of carbonyl (C=O) groups is 1. The third-order valence-corrected chi connectivity index (χ3v) is 4.26. The van der Waals surface area contributed by atoms with Crippen LogP contribution in [0.15, 0.2) is 18.2 Å². The van der Waals surface area contributed by atoms with E-state index in [1.807, 2.05) is 13.8 Å². The summed E-state index contributed by atoms with van der Waals surface area (Å²) >= 11 is 7.08. The Labute approximate surface area is 136 Å². The minimum Gasteiger partial charge on any atom is -0.374 e. The van der Waals surface area contributed by atoms with E-state index in [9.17, 15) is 9.18 Å². The summed E-state index contributed by atoms with van der Waals surface area (Å²) in [6.07, 6.45) is 1.33. The molecule has 0 spiro atoms. The van der Waals surface area contributed by atoms with Crippen molar-refractivity contribution in [2.75, 3.05) is 10.6 Å². The van der Waals surface area contributed by atoms with Crippen molar-refractivity contribution in [3.8, 4) is 0 Å². The molecule has 0 aliphatic rings. The molecule has 1 aromatic heterocycles. The zero-order valence-corrected chi connectivity index (χ0v) is 13.8. The van der Waals surface area contributed by atoms with Crippen LogP contribution in [0, 0.1) is 5.82 Å². The highest BCUT2D eigenvalue weighted by atomic mass is 35.5. The summed E-state index contributed by atoms with van der Waals surface area (Å²) in [5.74, 6) is -0.715. The molecule has 0 aliphatic carbocycles. The van der Waals surface area contributed by atoms with Crippen molar-refractivity contribution >= 4 is 39.7 Å². The first-order chi connectivity index (χ1) is 10.5. The van der Waals surface area contributed by atoms with Crippen molar-refractivity contribution in [3.63, 3.8) is 0 Å². The molecule has 1 amide bonds. The highest BCUT2D eigenvalue weighted by Crippen LogP contribution is 2.21. The number of benzene rings is 1. The molecule has 118 valence electrons. The number of hydrogen-bond donors (Lipinski definition) is 2. The fourth-order valence-electron chi connectivity index (χ4n) is 1.78. The number of rotatable bonds is 6. The van der Waals surface area contributed by atoms with Crippen LogP contribution in [0.5, 0.6) is 0 Å². The van der Waals surface area contributed by atoms with Crippen LogP contribution in [0.2, 0.25) is 5.02 Å². The quantitative estimate of drug-likeness (QED) is 0.839. The predicted octanol–water partition coefficient (Wildman–Crippen LogP) is 3.72. The number of nitrogens with zero attached hydrogens (tertiary/aromatic N) is 2. The first kappa shape index (κ1) is 16.6. The number of aromatic nitrogens is 2. The molecule has 0 aliphatic heterocycles. The van der Waals surface area contributed by atoms with E-state index < -0.39 is 11.9 Å². The van der Waals surface area contributed by atoms with Gasteiger partial charge in [-0.3, -0.25) is 10.1 Å². The van der Waals surface area contributed by atoms with Crippen LogP contribution in [0.25, 0.3) is 0 Å². The second kappa shape index (κ2) is 7.51. The maximum Gasteiger partial charge on any atom is 0.248 e. The molecular formula is C14H16ClFN4OS. The smallest absolute Gasteiger partial charge is 0.248 e. The molecule has 1 heterocycles. The largest absolute Gasteiger partial charge is 0.374 e. The SMILES string of the molecule is CCc1nnc(NC(=O)[C@H](CC)Nc2ccc(F)c(Cl)c2)s1. The fourth-order valence-corrected chi connectivity index (χ4v) is 2.64. The average molecular weight is 343 g/mol. The summed E-state index contributed by atoms with van der Waals surface area (Å²) in [6, 6.07) is 3.77. The van der Waals surface area contributed by atoms with E-state index in [0.717, 1.165) is 11.4 Å². The standard InChI is InChI=1S/C14H16ClFN4OS/c1-3-11(17-8-5-6-10(16)9(15)7-8)13(21)18-14-20-19-12(4-2)22-14/h5-7,11,17H,3-4H2,1-2H3,(H,18,20,21)/t11-/m0/s1. The molecule has 2 N–H and O–H groups in total. The van der Waals surface area contributed by atoms with E-state index >= 15 is 0 Å². The third kappa shape index (κ3) is 4.14. The van der Waals surface area contributed by atoms with Gasteiger partial charge in [0.05, 0.1) is 5.02 Å². The Morgan fingerprint density at radius 2 is 2.18 bits per heavy atom. The molecule has 22 heavy (non-hydrogen) atoms. The number of aryl methyl sites for hydroxylation is 1. The van der Waals surface area contributed by atoms with E-state index in [-0.39, 0.29) is 10.9 Å². The molecule has 0 unspecified atom stereocenters. The molecule has 1 aromatic carbocycles. The van der Waals surface area contributed by atoms with Crippen LogP contribution in [0.3, 0.4) is 0 Å². The van der Waals surface area contributed by atoms with E-state index in [2.05, 4.69) is 20.8 Å². The van der Waals surface area contributed by atoms with Gasteiger partial charge in [-0.1, -0.05) is 36.8 Å². The van der Waals surface area contributed by atoms with Crippen molar-refractivity contribution in [3.05, 3.63) is 34.0 Å². The lowest BCUT2D eigenvalue weighted by Gasteiger charge is -2.17. The molecule has 0 bridgehead atoms. The van der Waals surface area contributed by atoms with Crippen LogP contribution in [-0.4, -0.2) is 22.1 Å². The van der Waals surface area contributed by atoms with Gasteiger partial charge in [-0.2, -0.15) is 0 Å². The zero-order chi connectivity index (χ0) is 16.1. The average Bonchev–Trinajstić information content (AvgIpc) is 2.95. The third-order valence-electron chi connectivity index (χ3n) is 2.98. The summed E-state index contributed by atoms with van der Waals surface area (Å²) in [7, 11) is 0. The minimum absolute atomic E-state index is 0.0111. The summed E-state index contributed by atoms with van der Waals surface area (Å²) in [6.45, 7) is 3.85. The van der Waals surface area contributed by atoms with Crippen molar-refractivity contribution < 1.29 is 9.18 Å². The Balaban J connectivity index is 2.03. The van der Waals surface area contributed by atoms with E-state index in [0.29, 0.717) is 17.2 Å². The predicted molar refractivity (Wildman–Crippen MR) is 87.0 cm³/mol. The Kier molecular flexibility index (Phi) is 5.68. The van der Waals surface area contributed by atoms with Gasteiger partial charge in [0, 0.05) is 5.69 Å². The lowest BCUT2D eigenvalue weighted by molar-refractivity contribution is -0.117. The molecule has 0 saturated carbocycles. The summed E-state index contributed by atoms with van der Waals surface area (Å²) in [4.78, 5) is 12.3. The first-order valence-electron chi connectivity index (χ1n) is 6.88. The molecule has 8 heteroatoms. The zero-order valence-electron chi connectivity index (χ0n) is 12.2. The van der Waals surface area contributed by atoms with E-state index in [4.69, 9.17) is 11.6 Å². The Bertz CT molecular complexity index is 664. The molecule has 0 radical (unpaired) electrons. The lowest BCUT2D eigenvalue weighted by atomic mass is 10.2. The maximum atomic E-state index is 13.1. The van der Waals surface area contributed by atoms with Gasteiger partial charge in [-0.25, -0.2) is 4.39 Å². The van der Waals surface area contributed by atoms with Crippen molar-refractivity contribution in [2.24, 2.45) is 0 Å². The van der Waals surface area contributed by atoms with E-state index in [1.54, 1.807) is 0 Å². The van der Waals surface area contributed by atoms with E-state index in [1.165, 1.54) is 29.5 Å². The molecule has 0 saturated heterocycles. The van der Waals surface area contributed by atoms with Crippen LogP contribution < -0.4 is 10.6 Å². The van der Waals surface area contributed by atoms with Gasteiger partial charge in [-0.15, -0.1) is 10.2 Å². The normalized spacial score (nSPS) is 12.0. The molecule has 2 rings (SSSR count). The summed E-state index contributed by atoms with van der Waals surface area (Å²) in [5.41, 5.74) is 0.583. The Morgan fingerprint density at radius 3 is 2.77 bits per heavy atom. The fraction of sp³-hybridized carbons (Fsp3) is 0.357. The van der Waals surface area contributed by atoms with Gasteiger partial charge in [-0.05, 0) is 31.0 Å². The molecule has 5 nitrogen and oxygen atoms in total. The van der Waals surface area contributed by atoms with Gasteiger partial charge in [0.15, 0.2) is 0 Å². The van der Waals surface area contributed by atoms with Gasteiger partial charge < -0.3 is 5.32 Å². The monoisotopic (exact) mass is 342 g/mol. The Hall–Kier alpha value is -1.73. The number of amides is 1. The number of carbonyl (C=O) groups excluding carboxylic acids is 1. The molecule has 2 aromatic rings. The van der Waals surface area contributed by atoms with Crippen LogP contribution in [0.1, 0.15) is 25.3 Å². The van der Waals surface area contributed by atoms with Crippen LogP contribution >= 0.6 is 22.9 Å². The number of anilines is 2. The van der Waals surface area contributed by atoms with Crippen molar-refractivity contribution in [2.45, 2.75) is 32.7 Å². The summed E-state index contributed by atoms with van der Waals surface area (Å²) < 4.78 is 13.1. The van der Waals surface area contributed by atoms with Gasteiger partial charge in [0.2, 0.25) is 11.0 Å². The Morgan fingerprint density at radius 1 is 1.41 bits per heavy atom. The number of hydrogen-bond acceptors (Lipinski definition) is 5. The van der Waals surface area contributed by atoms with Crippen LogP contribution in [0.4, 0.5) is 15.2 Å². The maximum absolute atomic E-state index is 13.1. The second-order valence-corrected chi connectivity index (χ2v) is 6.05. The summed E-state index contributed by atoms with van der Waals surface area (Å²) in [5, 5.41) is 15.0. The van der Waals surface area contributed by atoms with Crippen molar-refractivity contribution in [1.82, 2.24) is 10.2 Å². The van der Waals surface area contributed by atoms with Gasteiger partial charge >= 0.3 is 0 Å². The minimum atomic E-state index is -0.495. The van der Waals surface area contributed by atoms with Crippen LogP contribution in [-0.2, 0) is 11.2 Å². The lowest BCUT2D eigenvalue weighted by Crippen LogP contribution is -2.34. The number of nitrogens with one attached hydrogen (secondary N) is 2. The molecule has 0 fully saturated rings. The highest BCUT2D eigenvalue weighted by Gasteiger charge is 2.18. The molecular weight excluding hydrogens is 327 g/mol. The second-order valence-electron chi connectivity index (χ2n) is 4.58. The number of halogens is 2. The first-order valence-corrected chi connectivity index (χ1v) is 8.07. The van der Waals surface area contributed by atoms with Gasteiger partial charge in [0.1, 0.15) is 16.9 Å². The van der Waals surface area contributed by atoms with Gasteiger partial charge in [0.25, 0.3) is 0 Å². The topological polar surface area (TPSA) is 66.9 Å².